The van der Waals surface area contributed by atoms with E-state index in [2.05, 4.69) is 33.1 Å². The Morgan fingerprint density at radius 2 is 1.88 bits per heavy atom. The lowest BCUT2D eigenvalue weighted by Gasteiger charge is -2.18. The number of aliphatic imine (C=N–C) groups is 1. The Morgan fingerprint density at radius 3 is 2.62 bits per heavy atom. The van der Waals surface area contributed by atoms with Gasteiger partial charge in [0.15, 0.2) is 5.96 Å². The summed E-state index contributed by atoms with van der Waals surface area (Å²) in [6.07, 6.45) is 1.45. The number of nitrogens with zero attached hydrogens (tertiary/aromatic N) is 2. The number of likely N-dealkylation sites (tertiary alicyclic amines) is 1. The summed E-state index contributed by atoms with van der Waals surface area (Å²) in [6.45, 7) is 5.46. The van der Waals surface area contributed by atoms with E-state index in [4.69, 9.17) is 0 Å². The lowest BCUT2D eigenvalue weighted by molar-refractivity contribution is -0.127. The average molecular weight is 436 g/mol. The molecule has 1 atom stereocenters. The van der Waals surface area contributed by atoms with Crippen molar-refractivity contribution in [1.29, 1.82) is 0 Å². The van der Waals surface area contributed by atoms with Crippen LogP contribution in [0.2, 0.25) is 0 Å². The maximum absolute atomic E-state index is 12.4. The van der Waals surface area contributed by atoms with Gasteiger partial charge in [-0.1, -0.05) is 42.5 Å². The van der Waals surface area contributed by atoms with E-state index in [9.17, 15) is 9.59 Å². The van der Waals surface area contributed by atoms with E-state index >= 15 is 0 Å². The van der Waals surface area contributed by atoms with Crippen LogP contribution in [-0.2, 0) is 17.8 Å². The number of rotatable bonds is 9. The van der Waals surface area contributed by atoms with Crippen molar-refractivity contribution < 1.29 is 9.59 Å². The summed E-state index contributed by atoms with van der Waals surface area (Å²) < 4.78 is 0. The summed E-state index contributed by atoms with van der Waals surface area (Å²) >= 11 is 0. The smallest absolute Gasteiger partial charge is 0.251 e. The van der Waals surface area contributed by atoms with Gasteiger partial charge in [0, 0.05) is 51.1 Å². The van der Waals surface area contributed by atoms with Gasteiger partial charge in [-0.05, 0) is 36.6 Å². The van der Waals surface area contributed by atoms with Crippen molar-refractivity contribution in [2.24, 2.45) is 10.9 Å². The molecule has 32 heavy (non-hydrogen) atoms. The molecule has 0 spiro atoms. The number of benzene rings is 2. The van der Waals surface area contributed by atoms with Crippen LogP contribution in [0.5, 0.6) is 0 Å². The Bertz CT molecular complexity index is 929. The van der Waals surface area contributed by atoms with Crippen LogP contribution in [0.3, 0.4) is 0 Å². The molecule has 1 fully saturated rings. The minimum atomic E-state index is -0.108. The molecule has 2 amide bonds. The Labute approximate surface area is 190 Å². The Hall–Kier alpha value is -3.35. The average Bonchev–Trinajstić information content (AvgIpc) is 3.19. The van der Waals surface area contributed by atoms with Crippen molar-refractivity contribution in [1.82, 2.24) is 20.9 Å². The van der Waals surface area contributed by atoms with Gasteiger partial charge < -0.3 is 20.9 Å². The molecule has 0 aliphatic carbocycles. The van der Waals surface area contributed by atoms with Crippen molar-refractivity contribution in [3.8, 4) is 0 Å². The second kappa shape index (κ2) is 11.9. The van der Waals surface area contributed by atoms with E-state index in [0.717, 1.165) is 31.6 Å². The molecule has 1 aliphatic heterocycles. The van der Waals surface area contributed by atoms with Crippen molar-refractivity contribution >= 4 is 17.8 Å². The third-order valence-electron chi connectivity index (χ3n) is 5.55. The summed E-state index contributed by atoms with van der Waals surface area (Å²) in [5.74, 6) is 1.09. The van der Waals surface area contributed by atoms with Gasteiger partial charge in [0.25, 0.3) is 5.91 Å². The highest BCUT2D eigenvalue weighted by atomic mass is 16.2. The molecule has 170 valence electrons. The zero-order valence-corrected chi connectivity index (χ0v) is 18.9. The summed E-state index contributed by atoms with van der Waals surface area (Å²) in [7, 11) is 1.62. The standard InChI is InChI=1S/C25H33N5O2/c1-3-27-25(28-16-20-10-7-11-22(14-20)24(32)26-2)29-17-21-15-23(31)30(18-21)13-12-19-8-5-4-6-9-19/h4-11,14,21H,3,12-13,15-18H2,1-2H3,(H,26,32)(H2,27,28,29). The topological polar surface area (TPSA) is 85.8 Å². The van der Waals surface area contributed by atoms with Crippen LogP contribution in [0.25, 0.3) is 0 Å². The van der Waals surface area contributed by atoms with Crippen LogP contribution in [0.15, 0.2) is 59.6 Å². The van der Waals surface area contributed by atoms with Crippen LogP contribution < -0.4 is 16.0 Å². The van der Waals surface area contributed by atoms with Gasteiger partial charge in [-0.25, -0.2) is 4.99 Å². The minimum absolute atomic E-state index is 0.108. The molecule has 1 aliphatic rings. The Kier molecular flexibility index (Phi) is 8.66. The highest BCUT2D eigenvalue weighted by Gasteiger charge is 2.29. The van der Waals surface area contributed by atoms with Crippen molar-refractivity contribution in [2.45, 2.75) is 26.3 Å². The first-order valence-electron chi connectivity index (χ1n) is 11.2. The molecule has 3 rings (SSSR count). The Morgan fingerprint density at radius 1 is 1.09 bits per heavy atom. The second-order valence-corrected chi connectivity index (χ2v) is 8.00. The largest absolute Gasteiger partial charge is 0.357 e. The van der Waals surface area contributed by atoms with Gasteiger partial charge in [0.1, 0.15) is 0 Å². The quantitative estimate of drug-likeness (QED) is 0.416. The van der Waals surface area contributed by atoms with E-state index in [0.29, 0.717) is 31.0 Å². The van der Waals surface area contributed by atoms with Crippen molar-refractivity contribution in [2.75, 3.05) is 33.2 Å². The zero-order chi connectivity index (χ0) is 22.8. The molecule has 0 bridgehead atoms. The number of hydrogen-bond acceptors (Lipinski definition) is 3. The van der Waals surface area contributed by atoms with E-state index < -0.39 is 0 Å². The van der Waals surface area contributed by atoms with Crippen LogP contribution in [0.1, 0.15) is 34.8 Å². The van der Waals surface area contributed by atoms with Gasteiger partial charge >= 0.3 is 0 Å². The van der Waals surface area contributed by atoms with Crippen LogP contribution in [-0.4, -0.2) is 55.9 Å². The summed E-state index contributed by atoms with van der Waals surface area (Å²) in [5.41, 5.74) is 2.84. The summed E-state index contributed by atoms with van der Waals surface area (Å²) in [6, 6.07) is 17.7. The maximum atomic E-state index is 12.4. The number of carbonyl (C=O) groups excluding carboxylic acids is 2. The highest BCUT2D eigenvalue weighted by molar-refractivity contribution is 5.94. The molecule has 7 heteroatoms. The van der Waals surface area contributed by atoms with E-state index in [-0.39, 0.29) is 17.7 Å². The molecule has 2 aromatic rings. The molecule has 1 heterocycles. The normalized spacial score (nSPS) is 16.2. The number of nitrogens with one attached hydrogen (secondary N) is 3. The van der Waals surface area contributed by atoms with Gasteiger partial charge in [-0.2, -0.15) is 0 Å². The SMILES string of the molecule is CCNC(=NCc1cccc(C(=O)NC)c1)NCC1CC(=O)N(CCc2ccccc2)C1. The number of guanidine groups is 1. The number of amides is 2. The minimum Gasteiger partial charge on any atom is -0.357 e. The molecule has 0 aromatic heterocycles. The number of hydrogen-bond donors (Lipinski definition) is 3. The molecule has 3 N–H and O–H groups in total. The van der Waals surface area contributed by atoms with Crippen molar-refractivity contribution in [3.05, 3.63) is 71.3 Å². The van der Waals surface area contributed by atoms with Gasteiger partial charge in [0.2, 0.25) is 5.91 Å². The summed E-state index contributed by atoms with van der Waals surface area (Å²) in [5, 5.41) is 9.27. The molecule has 0 saturated carbocycles. The molecular weight excluding hydrogens is 402 g/mol. The zero-order valence-electron chi connectivity index (χ0n) is 18.9. The van der Waals surface area contributed by atoms with Crippen LogP contribution in [0.4, 0.5) is 0 Å². The van der Waals surface area contributed by atoms with E-state index in [1.54, 1.807) is 13.1 Å². The molecule has 2 aromatic carbocycles. The fraction of sp³-hybridized carbons (Fsp3) is 0.400. The predicted molar refractivity (Wildman–Crippen MR) is 127 cm³/mol. The second-order valence-electron chi connectivity index (χ2n) is 8.00. The highest BCUT2D eigenvalue weighted by Crippen LogP contribution is 2.17. The lowest BCUT2D eigenvalue weighted by atomic mass is 10.1. The predicted octanol–water partition coefficient (Wildman–Crippen LogP) is 2.19. The molecule has 1 unspecified atom stereocenters. The third kappa shape index (κ3) is 6.83. The molecule has 1 saturated heterocycles. The lowest BCUT2D eigenvalue weighted by Crippen LogP contribution is -2.40. The molecule has 7 nitrogen and oxygen atoms in total. The Balaban J connectivity index is 1.51. The fourth-order valence-corrected chi connectivity index (χ4v) is 3.82. The fourth-order valence-electron chi connectivity index (χ4n) is 3.82. The van der Waals surface area contributed by atoms with Crippen LogP contribution >= 0.6 is 0 Å². The molecule has 0 radical (unpaired) electrons. The molecular formula is C25H33N5O2. The van der Waals surface area contributed by atoms with E-state index in [1.807, 2.05) is 48.2 Å². The summed E-state index contributed by atoms with van der Waals surface area (Å²) in [4.78, 5) is 30.9. The van der Waals surface area contributed by atoms with Gasteiger partial charge in [-0.3, -0.25) is 9.59 Å². The van der Waals surface area contributed by atoms with Crippen LogP contribution in [0, 0.1) is 5.92 Å². The first-order valence-corrected chi connectivity index (χ1v) is 11.2. The van der Waals surface area contributed by atoms with Gasteiger partial charge in [-0.15, -0.1) is 0 Å². The monoisotopic (exact) mass is 435 g/mol. The third-order valence-corrected chi connectivity index (χ3v) is 5.55. The number of carbonyl (C=O) groups is 2. The maximum Gasteiger partial charge on any atom is 0.251 e. The van der Waals surface area contributed by atoms with Crippen molar-refractivity contribution in [3.63, 3.8) is 0 Å². The first kappa shape index (κ1) is 23.3. The first-order chi connectivity index (χ1) is 15.6. The van der Waals surface area contributed by atoms with E-state index in [1.165, 1.54) is 5.56 Å². The van der Waals surface area contributed by atoms with Gasteiger partial charge in [0.05, 0.1) is 6.54 Å².